The molecule has 158 valence electrons. The molecular formula is C24H22F2N4O. The molecule has 3 N–H and O–H groups in total. The molecule has 0 saturated carbocycles. The summed E-state index contributed by atoms with van der Waals surface area (Å²) in [6.07, 6.45) is 4.74. The summed E-state index contributed by atoms with van der Waals surface area (Å²) in [6, 6.07) is 10.9. The van der Waals surface area contributed by atoms with E-state index in [1.165, 1.54) is 24.3 Å². The van der Waals surface area contributed by atoms with Gasteiger partial charge in [0.2, 0.25) is 5.95 Å². The van der Waals surface area contributed by atoms with E-state index in [2.05, 4.69) is 20.6 Å². The molecule has 0 amide bonds. The largest absolute Gasteiger partial charge is 0.352 e. The second-order valence-electron chi connectivity index (χ2n) is 7.96. The van der Waals surface area contributed by atoms with Gasteiger partial charge in [0.15, 0.2) is 0 Å². The number of hydrogen-bond acceptors (Lipinski definition) is 4. The zero-order chi connectivity index (χ0) is 21.4. The molecule has 0 bridgehead atoms. The number of rotatable bonds is 4. The van der Waals surface area contributed by atoms with E-state index in [-0.39, 0.29) is 17.2 Å². The van der Waals surface area contributed by atoms with Crippen molar-refractivity contribution in [3.8, 4) is 11.1 Å². The van der Waals surface area contributed by atoms with E-state index in [1.54, 1.807) is 12.1 Å². The van der Waals surface area contributed by atoms with Crippen molar-refractivity contribution in [2.24, 2.45) is 0 Å². The highest BCUT2D eigenvalue weighted by atomic mass is 19.1. The fourth-order valence-electron chi connectivity index (χ4n) is 4.33. The number of nitrogens with zero attached hydrogens (tertiary/aromatic N) is 1. The van der Waals surface area contributed by atoms with Crippen LogP contribution in [0.5, 0.6) is 0 Å². The van der Waals surface area contributed by atoms with Gasteiger partial charge in [0.25, 0.3) is 5.56 Å². The predicted octanol–water partition coefficient (Wildman–Crippen LogP) is 3.87. The number of aromatic nitrogens is 2. The Hall–Kier alpha value is -3.32. The number of anilines is 1. The number of aromatic amines is 1. The van der Waals surface area contributed by atoms with Crippen molar-refractivity contribution in [2.75, 3.05) is 18.4 Å². The third-order valence-corrected chi connectivity index (χ3v) is 5.83. The number of hydrogen-bond donors (Lipinski definition) is 3. The molecular weight excluding hydrogens is 398 g/mol. The number of halogens is 2. The zero-order valence-corrected chi connectivity index (χ0v) is 16.8. The summed E-state index contributed by atoms with van der Waals surface area (Å²) in [7, 11) is 0. The maximum Gasteiger partial charge on any atom is 0.252 e. The Balaban J connectivity index is 1.50. The molecule has 7 heteroatoms. The quantitative estimate of drug-likeness (QED) is 0.599. The second kappa shape index (κ2) is 8.07. The molecule has 1 saturated heterocycles. The predicted molar refractivity (Wildman–Crippen MR) is 117 cm³/mol. The van der Waals surface area contributed by atoms with E-state index in [0.717, 1.165) is 42.6 Å². The Bertz CT molecular complexity index is 1210. The van der Waals surface area contributed by atoms with Crippen LogP contribution in [0.25, 0.3) is 16.7 Å². The van der Waals surface area contributed by atoms with E-state index >= 15 is 0 Å². The average molecular weight is 420 g/mol. The van der Waals surface area contributed by atoms with E-state index in [1.807, 2.05) is 12.1 Å². The minimum Gasteiger partial charge on any atom is -0.352 e. The lowest BCUT2D eigenvalue weighted by Crippen LogP contribution is -2.39. The molecule has 0 unspecified atom stereocenters. The van der Waals surface area contributed by atoms with Crippen LogP contribution < -0.4 is 16.2 Å². The van der Waals surface area contributed by atoms with E-state index < -0.39 is 11.6 Å². The van der Waals surface area contributed by atoms with Crippen molar-refractivity contribution in [2.45, 2.75) is 25.3 Å². The van der Waals surface area contributed by atoms with E-state index in [9.17, 15) is 13.6 Å². The maximum atomic E-state index is 14.3. The van der Waals surface area contributed by atoms with Crippen molar-refractivity contribution in [1.29, 1.82) is 0 Å². The molecule has 2 heterocycles. The first-order chi connectivity index (χ1) is 15.1. The van der Waals surface area contributed by atoms with Crippen LogP contribution in [0.15, 0.2) is 53.3 Å². The smallest absolute Gasteiger partial charge is 0.252 e. The van der Waals surface area contributed by atoms with Gasteiger partial charge in [-0.3, -0.25) is 9.78 Å². The number of H-pyrrole nitrogens is 1. The van der Waals surface area contributed by atoms with Crippen LogP contribution >= 0.6 is 0 Å². The SMILES string of the molecule is O=c1cc(C2=CCc3ccc(-c4c(F)cccc4F)cc32)nc(N[C@@H]2CCCNC2)[nH]1. The Kier molecular flexibility index (Phi) is 5.11. The van der Waals surface area contributed by atoms with Gasteiger partial charge in [0, 0.05) is 24.2 Å². The van der Waals surface area contributed by atoms with E-state index in [0.29, 0.717) is 23.6 Å². The molecule has 3 aromatic rings. The molecule has 2 aliphatic rings. The molecule has 0 radical (unpaired) electrons. The third-order valence-electron chi connectivity index (χ3n) is 5.83. The minimum absolute atomic E-state index is 0.0532. The fraction of sp³-hybridized carbons (Fsp3) is 0.250. The monoisotopic (exact) mass is 420 g/mol. The first kappa shape index (κ1) is 19.6. The maximum absolute atomic E-state index is 14.3. The molecule has 1 aliphatic carbocycles. The van der Waals surface area contributed by atoms with Gasteiger partial charge in [-0.2, -0.15) is 0 Å². The normalized spacial score (nSPS) is 17.9. The Morgan fingerprint density at radius 3 is 2.71 bits per heavy atom. The summed E-state index contributed by atoms with van der Waals surface area (Å²) >= 11 is 0. The van der Waals surface area contributed by atoms with Crippen molar-refractivity contribution in [3.05, 3.63) is 87.3 Å². The summed E-state index contributed by atoms with van der Waals surface area (Å²) in [6.45, 7) is 1.81. The topological polar surface area (TPSA) is 69.8 Å². The highest BCUT2D eigenvalue weighted by molar-refractivity contribution is 5.85. The zero-order valence-electron chi connectivity index (χ0n) is 16.8. The number of nitrogens with one attached hydrogen (secondary N) is 3. The van der Waals surface area contributed by atoms with Gasteiger partial charge in [-0.1, -0.05) is 24.3 Å². The first-order valence-electron chi connectivity index (χ1n) is 10.5. The lowest BCUT2D eigenvalue weighted by molar-refractivity contribution is 0.478. The number of piperidine rings is 1. The number of benzene rings is 2. The molecule has 5 rings (SSSR count). The van der Waals surface area contributed by atoms with Gasteiger partial charge >= 0.3 is 0 Å². The van der Waals surface area contributed by atoms with Gasteiger partial charge in [0.1, 0.15) is 11.6 Å². The van der Waals surface area contributed by atoms with Crippen molar-refractivity contribution in [1.82, 2.24) is 15.3 Å². The summed E-state index contributed by atoms with van der Waals surface area (Å²) in [5.74, 6) is -0.780. The average Bonchev–Trinajstić information content (AvgIpc) is 3.17. The van der Waals surface area contributed by atoms with Crippen molar-refractivity contribution in [3.63, 3.8) is 0 Å². The van der Waals surface area contributed by atoms with Gasteiger partial charge in [-0.25, -0.2) is 13.8 Å². The molecule has 0 spiro atoms. The third kappa shape index (κ3) is 3.88. The highest BCUT2D eigenvalue weighted by Gasteiger charge is 2.21. The Morgan fingerprint density at radius 2 is 1.94 bits per heavy atom. The molecule has 1 atom stereocenters. The number of allylic oxidation sites excluding steroid dienone is 1. The van der Waals surface area contributed by atoms with Crippen LogP contribution in [0, 0.1) is 11.6 Å². The molecule has 5 nitrogen and oxygen atoms in total. The molecule has 1 aliphatic heterocycles. The fourth-order valence-corrected chi connectivity index (χ4v) is 4.33. The first-order valence-corrected chi connectivity index (χ1v) is 10.5. The highest BCUT2D eigenvalue weighted by Crippen LogP contribution is 2.36. The second-order valence-corrected chi connectivity index (χ2v) is 7.96. The molecule has 1 fully saturated rings. The standard InChI is InChI=1S/C24H22F2N4O/c25-19-4-1-5-20(26)23(19)15-7-6-14-8-9-17(18(14)11-15)21-12-22(31)30-24(29-21)28-16-3-2-10-27-13-16/h1,4-7,9,11-12,16,27H,2-3,8,10,13H2,(H2,28,29,30,31)/t16-/m1/s1. The minimum atomic E-state index is -0.606. The van der Waals surface area contributed by atoms with Crippen molar-refractivity contribution < 1.29 is 8.78 Å². The van der Waals surface area contributed by atoms with Crippen LogP contribution in [0.4, 0.5) is 14.7 Å². The summed E-state index contributed by atoms with van der Waals surface area (Å²) in [5, 5.41) is 6.63. The van der Waals surface area contributed by atoms with Gasteiger partial charge < -0.3 is 10.6 Å². The summed E-state index contributed by atoms with van der Waals surface area (Å²) in [4.78, 5) is 19.7. The van der Waals surface area contributed by atoms with Crippen LogP contribution in [0.1, 0.15) is 29.7 Å². The van der Waals surface area contributed by atoms with Gasteiger partial charge in [-0.15, -0.1) is 0 Å². The van der Waals surface area contributed by atoms with Crippen LogP contribution in [-0.4, -0.2) is 29.1 Å². The molecule has 2 aromatic carbocycles. The van der Waals surface area contributed by atoms with Gasteiger partial charge in [0.05, 0.1) is 11.3 Å². The van der Waals surface area contributed by atoms with Crippen LogP contribution in [0.3, 0.4) is 0 Å². The van der Waals surface area contributed by atoms with Crippen LogP contribution in [0.2, 0.25) is 0 Å². The summed E-state index contributed by atoms with van der Waals surface area (Å²) in [5.41, 5.74) is 3.36. The lowest BCUT2D eigenvalue weighted by atomic mass is 9.96. The van der Waals surface area contributed by atoms with Crippen LogP contribution in [-0.2, 0) is 6.42 Å². The summed E-state index contributed by atoms with van der Waals surface area (Å²) < 4.78 is 28.6. The van der Waals surface area contributed by atoms with Crippen molar-refractivity contribution >= 4 is 11.5 Å². The van der Waals surface area contributed by atoms with E-state index in [4.69, 9.17) is 0 Å². The molecule has 1 aromatic heterocycles. The Morgan fingerprint density at radius 1 is 1.10 bits per heavy atom. The van der Waals surface area contributed by atoms with Gasteiger partial charge in [-0.05, 0) is 60.7 Å². The molecule has 31 heavy (non-hydrogen) atoms. The Labute approximate surface area is 178 Å². The number of fused-ring (bicyclic) bond motifs is 1. The lowest BCUT2D eigenvalue weighted by Gasteiger charge is -2.24.